The number of rotatable bonds is 6. The van der Waals surface area contributed by atoms with E-state index in [9.17, 15) is 13.2 Å². The molecule has 0 aliphatic carbocycles. The number of sulfone groups is 1. The predicted octanol–water partition coefficient (Wildman–Crippen LogP) is 1.45. The van der Waals surface area contributed by atoms with Gasteiger partial charge in [0.1, 0.15) is 12.4 Å². The maximum absolute atomic E-state index is 11.6. The molecular formula is C14H19ClN2O4S. The lowest BCUT2D eigenvalue weighted by Gasteiger charge is -2.11. The molecule has 8 heteroatoms. The molecule has 1 fully saturated rings. The van der Waals surface area contributed by atoms with Crippen LogP contribution in [0.15, 0.2) is 24.3 Å². The van der Waals surface area contributed by atoms with Gasteiger partial charge in [-0.1, -0.05) is 17.7 Å². The Morgan fingerprint density at radius 1 is 1.36 bits per heavy atom. The minimum absolute atomic E-state index is 0.0125. The van der Waals surface area contributed by atoms with E-state index < -0.39 is 9.84 Å². The smallest absolute Gasteiger partial charge is 0.314 e. The van der Waals surface area contributed by atoms with Crippen molar-refractivity contribution >= 4 is 27.5 Å². The highest BCUT2D eigenvalue weighted by molar-refractivity contribution is 7.91. The van der Waals surface area contributed by atoms with Gasteiger partial charge in [-0.05, 0) is 30.5 Å². The van der Waals surface area contributed by atoms with Crippen LogP contribution in [0, 0.1) is 5.92 Å². The highest BCUT2D eigenvalue weighted by Crippen LogP contribution is 2.17. The van der Waals surface area contributed by atoms with Crippen LogP contribution in [-0.4, -0.2) is 45.7 Å². The number of benzene rings is 1. The summed E-state index contributed by atoms with van der Waals surface area (Å²) >= 11 is 5.83. The van der Waals surface area contributed by atoms with Crippen LogP contribution in [0.3, 0.4) is 0 Å². The first-order valence-corrected chi connectivity index (χ1v) is 9.25. The number of halogens is 1. The number of hydrogen-bond donors (Lipinski definition) is 2. The monoisotopic (exact) mass is 346 g/mol. The average Bonchev–Trinajstić information content (AvgIpc) is 2.81. The molecule has 2 N–H and O–H groups in total. The second-order valence-corrected chi connectivity index (χ2v) is 7.88. The Kier molecular flexibility index (Phi) is 5.90. The molecule has 6 nitrogen and oxygen atoms in total. The van der Waals surface area contributed by atoms with Crippen LogP contribution in [-0.2, 0) is 9.84 Å². The van der Waals surface area contributed by atoms with Crippen LogP contribution in [0.4, 0.5) is 4.79 Å². The second-order valence-electron chi connectivity index (χ2n) is 5.21. The van der Waals surface area contributed by atoms with Gasteiger partial charge < -0.3 is 15.4 Å². The summed E-state index contributed by atoms with van der Waals surface area (Å²) < 4.78 is 28.0. The van der Waals surface area contributed by atoms with Gasteiger partial charge >= 0.3 is 6.03 Å². The third-order valence-electron chi connectivity index (χ3n) is 3.33. The summed E-state index contributed by atoms with van der Waals surface area (Å²) in [7, 11) is -2.90. The van der Waals surface area contributed by atoms with Crippen molar-refractivity contribution in [3.05, 3.63) is 29.3 Å². The molecular weight excluding hydrogens is 328 g/mol. The van der Waals surface area contributed by atoms with E-state index in [0.717, 1.165) is 0 Å². The second kappa shape index (κ2) is 7.69. The largest absolute Gasteiger partial charge is 0.492 e. The zero-order chi connectivity index (χ0) is 16.0. The molecule has 1 heterocycles. The van der Waals surface area contributed by atoms with E-state index in [-0.39, 0.29) is 23.5 Å². The Labute approximate surface area is 135 Å². The van der Waals surface area contributed by atoms with E-state index in [1.54, 1.807) is 24.3 Å². The molecule has 1 aromatic rings. The minimum atomic E-state index is -2.90. The summed E-state index contributed by atoms with van der Waals surface area (Å²) in [6, 6.07) is 6.70. The van der Waals surface area contributed by atoms with Crippen LogP contribution in [0.2, 0.25) is 5.02 Å². The van der Waals surface area contributed by atoms with Crippen molar-refractivity contribution in [1.29, 1.82) is 0 Å². The molecule has 1 unspecified atom stereocenters. The molecule has 1 aliphatic heterocycles. The third-order valence-corrected chi connectivity index (χ3v) is 5.40. The van der Waals surface area contributed by atoms with Crippen molar-refractivity contribution in [2.24, 2.45) is 5.92 Å². The molecule has 0 aromatic heterocycles. The topological polar surface area (TPSA) is 84.5 Å². The summed E-state index contributed by atoms with van der Waals surface area (Å²) in [4.78, 5) is 11.6. The number of carbonyl (C=O) groups is 1. The Hall–Kier alpha value is -1.47. The SMILES string of the molecule is O=C(NCCOc1cccc(Cl)c1)NCC1CCS(=O)(=O)C1. The van der Waals surface area contributed by atoms with E-state index in [0.29, 0.717) is 36.9 Å². The standard InChI is InChI=1S/C14H19ClN2O4S/c15-12-2-1-3-13(8-12)21-6-5-16-14(18)17-9-11-4-7-22(19,20)10-11/h1-3,8,11H,4-7,9-10H2,(H2,16,17,18). The van der Waals surface area contributed by atoms with Gasteiger partial charge in [-0.25, -0.2) is 13.2 Å². The molecule has 2 rings (SSSR count). The fourth-order valence-corrected chi connectivity index (χ4v) is 4.26. The van der Waals surface area contributed by atoms with E-state index >= 15 is 0 Å². The fourth-order valence-electron chi connectivity index (χ4n) is 2.22. The number of carbonyl (C=O) groups excluding carboxylic acids is 1. The van der Waals surface area contributed by atoms with Gasteiger partial charge in [-0.3, -0.25) is 0 Å². The first-order chi connectivity index (χ1) is 10.4. The molecule has 0 saturated carbocycles. The predicted molar refractivity (Wildman–Crippen MR) is 85.1 cm³/mol. The maximum atomic E-state index is 11.6. The molecule has 1 saturated heterocycles. The van der Waals surface area contributed by atoms with Gasteiger partial charge in [0.15, 0.2) is 9.84 Å². The first kappa shape index (κ1) is 16.9. The minimum Gasteiger partial charge on any atom is -0.492 e. The summed E-state index contributed by atoms with van der Waals surface area (Å²) in [5.41, 5.74) is 0. The van der Waals surface area contributed by atoms with Gasteiger partial charge in [0.05, 0.1) is 18.1 Å². The van der Waals surface area contributed by atoms with Crippen LogP contribution < -0.4 is 15.4 Å². The lowest BCUT2D eigenvalue weighted by atomic mass is 10.1. The molecule has 1 aliphatic rings. The lowest BCUT2D eigenvalue weighted by Crippen LogP contribution is -2.40. The van der Waals surface area contributed by atoms with Gasteiger partial charge in [0.25, 0.3) is 0 Å². The zero-order valence-electron chi connectivity index (χ0n) is 12.0. The third kappa shape index (κ3) is 5.73. The highest BCUT2D eigenvalue weighted by atomic mass is 35.5. The molecule has 1 aromatic carbocycles. The Bertz CT molecular complexity index is 621. The van der Waals surface area contributed by atoms with Gasteiger partial charge in [-0.2, -0.15) is 0 Å². The summed E-state index contributed by atoms with van der Waals surface area (Å²) in [5, 5.41) is 5.93. The number of urea groups is 1. The summed E-state index contributed by atoms with van der Waals surface area (Å²) in [5.74, 6) is 1.03. The lowest BCUT2D eigenvalue weighted by molar-refractivity contribution is 0.235. The van der Waals surface area contributed by atoms with E-state index in [1.807, 2.05) is 0 Å². The van der Waals surface area contributed by atoms with E-state index in [1.165, 1.54) is 0 Å². The summed E-state index contributed by atoms with van der Waals surface area (Å²) in [6.07, 6.45) is 0.612. The molecule has 22 heavy (non-hydrogen) atoms. The van der Waals surface area contributed by atoms with Crippen LogP contribution >= 0.6 is 11.6 Å². The van der Waals surface area contributed by atoms with E-state index in [2.05, 4.69) is 10.6 Å². The zero-order valence-corrected chi connectivity index (χ0v) is 13.6. The average molecular weight is 347 g/mol. The Morgan fingerprint density at radius 2 is 2.18 bits per heavy atom. The number of nitrogens with one attached hydrogen (secondary N) is 2. The summed E-state index contributed by atoms with van der Waals surface area (Å²) in [6.45, 7) is 1.05. The van der Waals surface area contributed by atoms with Crippen molar-refractivity contribution in [2.75, 3.05) is 31.2 Å². The molecule has 2 amide bonds. The van der Waals surface area contributed by atoms with Crippen molar-refractivity contribution < 1.29 is 17.9 Å². The number of ether oxygens (including phenoxy) is 1. The number of hydrogen-bond acceptors (Lipinski definition) is 4. The number of amides is 2. The highest BCUT2D eigenvalue weighted by Gasteiger charge is 2.27. The molecule has 0 bridgehead atoms. The van der Waals surface area contributed by atoms with Crippen LogP contribution in [0.1, 0.15) is 6.42 Å². The fraction of sp³-hybridized carbons (Fsp3) is 0.500. The molecule has 0 radical (unpaired) electrons. The van der Waals surface area contributed by atoms with E-state index in [4.69, 9.17) is 16.3 Å². The molecule has 0 spiro atoms. The van der Waals surface area contributed by atoms with Crippen molar-refractivity contribution in [3.8, 4) is 5.75 Å². The van der Waals surface area contributed by atoms with Gasteiger partial charge in [0, 0.05) is 11.6 Å². The van der Waals surface area contributed by atoms with Gasteiger partial charge in [-0.15, -0.1) is 0 Å². The van der Waals surface area contributed by atoms with Gasteiger partial charge in [0.2, 0.25) is 0 Å². The van der Waals surface area contributed by atoms with Crippen LogP contribution in [0.5, 0.6) is 5.75 Å². The maximum Gasteiger partial charge on any atom is 0.314 e. The quantitative estimate of drug-likeness (QED) is 0.764. The van der Waals surface area contributed by atoms with Crippen molar-refractivity contribution in [1.82, 2.24) is 10.6 Å². The van der Waals surface area contributed by atoms with Crippen LogP contribution in [0.25, 0.3) is 0 Å². The Morgan fingerprint density at radius 3 is 2.86 bits per heavy atom. The first-order valence-electron chi connectivity index (χ1n) is 7.05. The molecule has 1 atom stereocenters. The molecule has 122 valence electrons. The Balaban J connectivity index is 1.58. The van der Waals surface area contributed by atoms with Crippen molar-refractivity contribution in [3.63, 3.8) is 0 Å². The van der Waals surface area contributed by atoms with Crippen molar-refractivity contribution in [2.45, 2.75) is 6.42 Å². The normalized spacial score (nSPS) is 19.6.